The number of hydrogen-bond acceptors (Lipinski definition) is 3. The van der Waals surface area contributed by atoms with Gasteiger partial charge < -0.3 is 10.1 Å². The van der Waals surface area contributed by atoms with Gasteiger partial charge in [0, 0.05) is 10.9 Å². The fourth-order valence-electron chi connectivity index (χ4n) is 2.52. The van der Waals surface area contributed by atoms with E-state index in [-0.39, 0.29) is 11.7 Å². The number of fused-ring (bicyclic) bond motifs is 2. The molecule has 2 aromatic carbocycles. The van der Waals surface area contributed by atoms with Crippen molar-refractivity contribution in [2.75, 3.05) is 0 Å². The van der Waals surface area contributed by atoms with Crippen LogP contribution in [0.3, 0.4) is 0 Å². The molecule has 2 N–H and O–H groups in total. The Morgan fingerprint density at radius 1 is 1.19 bits per heavy atom. The average molecular weight is 279 g/mol. The van der Waals surface area contributed by atoms with E-state index >= 15 is 0 Å². The summed E-state index contributed by atoms with van der Waals surface area (Å²) >= 11 is 0. The molecule has 1 aliphatic rings. The predicted octanol–water partition coefficient (Wildman–Crippen LogP) is 2.13. The topological polar surface area (TPSA) is 60.7 Å². The maximum absolute atomic E-state index is 14.0. The van der Waals surface area contributed by atoms with Gasteiger partial charge in [0.25, 0.3) is 0 Å². The van der Waals surface area contributed by atoms with Crippen molar-refractivity contribution in [2.45, 2.75) is 0 Å². The van der Waals surface area contributed by atoms with E-state index in [0.717, 1.165) is 16.3 Å². The monoisotopic (exact) mass is 279 g/mol. The molecule has 0 amide bonds. The largest absolute Gasteiger partial charge is 0.494 e. The second-order valence-corrected chi connectivity index (χ2v) is 4.82. The lowest BCUT2D eigenvalue weighted by atomic mass is 10.1. The van der Waals surface area contributed by atoms with E-state index in [1.165, 1.54) is 12.4 Å². The minimum Gasteiger partial charge on any atom is -0.494 e. The number of aromatic hydroxyl groups is 1. The fraction of sp³-hybridized carbons (Fsp3) is 0. The Hall–Kier alpha value is -2.95. The third-order valence-corrected chi connectivity index (χ3v) is 3.50. The molecule has 0 saturated carbocycles. The minimum atomic E-state index is -0.371. The normalized spacial score (nSPS) is 13.7. The number of nitrogens with zero attached hydrogens (tertiary/aromatic N) is 2. The second-order valence-electron chi connectivity index (χ2n) is 4.82. The molecule has 0 aliphatic carbocycles. The van der Waals surface area contributed by atoms with Gasteiger partial charge in [-0.25, -0.2) is 14.4 Å². The van der Waals surface area contributed by atoms with E-state index in [9.17, 15) is 9.50 Å². The zero-order chi connectivity index (χ0) is 14.4. The van der Waals surface area contributed by atoms with Crippen molar-refractivity contribution >= 4 is 29.0 Å². The SMILES string of the molecule is Oc1[nH]c2cccc(F)c2c1/C=c1\ccc2c(c1)N=CN=2. The Labute approximate surface area is 118 Å². The van der Waals surface area contributed by atoms with Crippen molar-refractivity contribution in [3.8, 4) is 5.88 Å². The summed E-state index contributed by atoms with van der Waals surface area (Å²) in [4.78, 5) is 11.0. The molecular weight excluding hydrogens is 269 g/mol. The van der Waals surface area contributed by atoms with Gasteiger partial charge in [-0.1, -0.05) is 12.1 Å². The summed E-state index contributed by atoms with van der Waals surface area (Å²) < 4.78 is 14.0. The van der Waals surface area contributed by atoms with Crippen LogP contribution in [0.5, 0.6) is 5.88 Å². The summed E-state index contributed by atoms with van der Waals surface area (Å²) in [5, 5.41) is 12.0. The van der Waals surface area contributed by atoms with Crippen LogP contribution < -0.4 is 10.6 Å². The van der Waals surface area contributed by atoms with Crippen LogP contribution >= 0.6 is 0 Å². The van der Waals surface area contributed by atoms with Gasteiger partial charge in [0.1, 0.15) is 12.2 Å². The molecule has 102 valence electrons. The Kier molecular flexibility index (Phi) is 2.41. The summed E-state index contributed by atoms with van der Waals surface area (Å²) in [6, 6.07) is 10.2. The highest BCUT2D eigenvalue weighted by Crippen LogP contribution is 2.29. The molecule has 0 bridgehead atoms. The summed E-state index contributed by atoms with van der Waals surface area (Å²) in [6.07, 6.45) is 3.22. The molecule has 0 atom stereocenters. The Morgan fingerprint density at radius 3 is 3.00 bits per heavy atom. The van der Waals surface area contributed by atoms with Gasteiger partial charge in [0.15, 0.2) is 5.88 Å². The molecule has 5 heteroatoms. The number of H-pyrrole nitrogens is 1. The number of nitrogens with one attached hydrogen (secondary N) is 1. The van der Waals surface area contributed by atoms with Crippen molar-refractivity contribution < 1.29 is 9.50 Å². The fourth-order valence-corrected chi connectivity index (χ4v) is 2.52. The van der Waals surface area contributed by atoms with E-state index in [4.69, 9.17) is 0 Å². The van der Waals surface area contributed by atoms with Crippen LogP contribution in [0, 0.1) is 5.82 Å². The molecule has 0 saturated heterocycles. The highest BCUT2D eigenvalue weighted by atomic mass is 19.1. The molecule has 4 rings (SSSR count). The number of hydrogen-bond donors (Lipinski definition) is 2. The van der Waals surface area contributed by atoms with Gasteiger partial charge in [-0.3, -0.25) is 0 Å². The van der Waals surface area contributed by atoms with E-state index in [1.54, 1.807) is 18.2 Å². The van der Waals surface area contributed by atoms with Crippen LogP contribution in [0.15, 0.2) is 46.4 Å². The third-order valence-electron chi connectivity index (χ3n) is 3.50. The van der Waals surface area contributed by atoms with Crippen molar-refractivity contribution in [3.05, 3.63) is 58.4 Å². The van der Waals surface area contributed by atoms with Gasteiger partial charge in [0.2, 0.25) is 0 Å². The van der Waals surface area contributed by atoms with Crippen molar-refractivity contribution in [2.24, 2.45) is 9.98 Å². The molecule has 1 aromatic heterocycles. The van der Waals surface area contributed by atoms with Crippen LogP contribution in [0.1, 0.15) is 5.56 Å². The molecule has 0 radical (unpaired) electrons. The smallest absolute Gasteiger partial charge is 0.196 e. The number of aromatic nitrogens is 1. The van der Waals surface area contributed by atoms with Gasteiger partial charge >= 0.3 is 0 Å². The molecule has 0 spiro atoms. The van der Waals surface area contributed by atoms with E-state index in [1.807, 2.05) is 18.2 Å². The lowest BCUT2D eigenvalue weighted by molar-refractivity contribution is 0.457. The Balaban J connectivity index is 2.00. The summed E-state index contributed by atoms with van der Waals surface area (Å²) in [6.45, 7) is 0. The average Bonchev–Trinajstić information content (AvgIpc) is 3.04. The van der Waals surface area contributed by atoms with Crippen LogP contribution in [0.25, 0.3) is 17.0 Å². The zero-order valence-corrected chi connectivity index (χ0v) is 10.8. The second kappa shape index (κ2) is 4.28. The molecule has 0 fully saturated rings. The number of rotatable bonds is 1. The quantitative estimate of drug-likeness (QED) is 0.704. The minimum absolute atomic E-state index is 0.0520. The van der Waals surface area contributed by atoms with E-state index < -0.39 is 0 Å². The van der Waals surface area contributed by atoms with Gasteiger partial charge in [0.05, 0.1) is 16.6 Å². The highest BCUT2D eigenvalue weighted by molar-refractivity contribution is 5.92. The van der Waals surface area contributed by atoms with Gasteiger partial charge in [-0.2, -0.15) is 0 Å². The number of aromatic amines is 1. The Bertz CT molecular complexity index is 1020. The maximum atomic E-state index is 14.0. The molecular formula is C16H10FN3O. The summed E-state index contributed by atoms with van der Waals surface area (Å²) in [5.41, 5.74) is 1.76. The standard InChI is InChI=1S/C16H10FN3O/c17-11-2-1-3-13-15(11)10(16(21)20-13)6-9-4-5-12-14(7-9)19-8-18-12/h1-8,20-21H/b9-6+. The number of halogens is 1. The lowest BCUT2D eigenvalue weighted by Gasteiger charge is -1.95. The first kappa shape index (κ1) is 11.8. The van der Waals surface area contributed by atoms with Crippen LogP contribution in [-0.2, 0) is 0 Å². The summed E-state index contributed by atoms with van der Waals surface area (Å²) in [7, 11) is 0. The highest BCUT2D eigenvalue weighted by Gasteiger charge is 2.12. The number of benzene rings is 2. The molecule has 3 aromatic rings. The van der Waals surface area contributed by atoms with Gasteiger partial charge in [-0.15, -0.1) is 0 Å². The first-order valence-corrected chi connectivity index (χ1v) is 6.44. The first-order chi connectivity index (χ1) is 10.2. The van der Waals surface area contributed by atoms with Crippen molar-refractivity contribution in [1.29, 1.82) is 0 Å². The van der Waals surface area contributed by atoms with Crippen LogP contribution in [-0.4, -0.2) is 16.4 Å². The molecule has 2 heterocycles. The first-order valence-electron chi connectivity index (χ1n) is 6.44. The van der Waals surface area contributed by atoms with Gasteiger partial charge in [-0.05, 0) is 35.6 Å². The van der Waals surface area contributed by atoms with Crippen LogP contribution in [0.4, 0.5) is 10.1 Å². The maximum Gasteiger partial charge on any atom is 0.196 e. The molecule has 21 heavy (non-hydrogen) atoms. The molecule has 0 unspecified atom stereocenters. The molecule has 1 aliphatic heterocycles. The van der Waals surface area contributed by atoms with Crippen LogP contribution in [0.2, 0.25) is 0 Å². The van der Waals surface area contributed by atoms with Crippen molar-refractivity contribution in [3.63, 3.8) is 0 Å². The van der Waals surface area contributed by atoms with E-state index in [2.05, 4.69) is 15.0 Å². The summed E-state index contributed by atoms with van der Waals surface area (Å²) in [5.74, 6) is -0.423. The Morgan fingerprint density at radius 2 is 2.10 bits per heavy atom. The predicted molar refractivity (Wildman–Crippen MR) is 78.9 cm³/mol. The lowest BCUT2D eigenvalue weighted by Crippen LogP contribution is -2.06. The zero-order valence-electron chi connectivity index (χ0n) is 10.8. The van der Waals surface area contributed by atoms with Crippen molar-refractivity contribution in [1.82, 2.24) is 4.98 Å². The third kappa shape index (κ3) is 1.82. The van der Waals surface area contributed by atoms with E-state index in [0.29, 0.717) is 16.5 Å². The number of aliphatic imine (C=N–C) groups is 1. The molecule has 4 nitrogen and oxygen atoms in total.